The van der Waals surface area contributed by atoms with E-state index in [1.807, 2.05) is 22.9 Å². The molecule has 0 radical (unpaired) electrons. The highest BCUT2D eigenvalue weighted by molar-refractivity contribution is 6.33. The molecule has 0 aromatic carbocycles. The first-order valence-electron chi connectivity index (χ1n) is 6.88. The van der Waals surface area contributed by atoms with Gasteiger partial charge in [0.1, 0.15) is 11.9 Å². The number of anilines is 1. The molecule has 22 heavy (non-hydrogen) atoms. The Morgan fingerprint density at radius 3 is 3.14 bits per heavy atom. The Labute approximate surface area is 134 Å². The van der Waals surface area contributed by atoms with Gasteiger partial charge in [-0.1, -0.05) is 11.6 Å². The molecule has 1 atom stereocenters. The summed E-state index contributed by atoms with van der Waals surface area (Å²) >= 11 is 6.20. The second-order valence-corrected chi connectivity index (χ2v) is 5.65. The average Bonchev–Trinajstić information content (AvgIpc) is 2.46. The van der Waals surface area contributed by atoms with Crippen molar-refractivity contribution in [2.45, 2.75) is 6.10 Å². The summed E-state index contributed by atoms with van der Waals surface area (Å²) in [5.74, 6) is 0.276. The number of nitrogens with zero attached hydrogens (tertiary/aromatic N) is 4. The fraction of sp³-hybridized carbons (Fsp3) is 0.500. The van der Waals surface area contributed by atoms with Gasteiger partial charge in [-0.3, -0.25) is 9.69 Å². The van der Waals surface area contributed by atoms with Crippen molar-refractivity contribution in [2.24, 2.45) is 5.73 Å². The first-order chi connectivity index (χ1) is 10.5. The number of hydrogen-bond donors (Lipinski definition) is 1. The Kier molecular flexibility index (Phi) is 5.55. The third kappa shape index (κ3) is 4.31. The number of aromatic nitrogens is 1. The van der Waals surface area contributed by atoms with Gasteiger partial charge in [0.25, 0.3) is 0 Å². The van der Waals surface area contributed by atoms with Crippen molar-refractivity contribution in [3.8, 4) is 6.07 Å². The van der Waals surface area contributed by atoms with Gasteiger partial charge in [-0.25, -0.2) is 4.98 Å². The molecule has 1 saturated heterocycles. The molecule has 1 amide bonds. The van der Waals surface area contributed by atoms with Crippen LogP contribution in [0.2, 0.25) is 5.02 Å². The zero-order chi connectivity index (χ0) is 16.1. The van der Waals surface area contributed by atoms with Crippen molar-refractivity contribution in [3.05, 3.63) is 22.8 Å². The largest absolute Gasteiger partial charge is 0.373 e. The number of rotatable bonds is 5. The van der Waals surface area contributed by atoms with Gasteiger partial charge < -0.3 is 15.4 Å². The van der Waals surface area contributed by atoms with Crippen LogP contribution >= 0.6 is 11.6 Å². The molecule has 2 rings (SSSR count). The number of nitrogens with two attached hydrogens (primary N) is 1. The first-order valence-corrected chi connectivity index (χ1v) is 7.26. The van der Waals surface area contributed by atoms with E-state index < -0.39 is 0 Å². The molecule has 2 N–H and O–H groups in total. The number of primary amides is 1. The van der Waals surface area contributed by atoms with Crippen LogP contribution in [0.25, 0.3) is 0 Å². The van der Waals surface area contributed by atoms with Crippen molar-refractivity contribution in [2.75, 3.05) is 44.7 Å². The van der Waals surface area contributed by atoms with E-state index in [1.54, 1.807) is 6.07 Å². The summed E-state index contributed by atoms with van der Waals surface area (Å²) < 4.78 is 5.71. The maximum Gasteiger partial charge on any atom is 0.231 e. The van der Waals surface area contributed by atoms with Crippen molar-refractivity contribution in [3.63, 3.8) is 0 Å². The van der Waals surface area contributed by atoms with E-state index in [9.17, 15) is 4.79 Å². The zero-order valence-corrected chi connectivity index (χ0v) is 13.1. The SMILES string of the molecule is CN(CC(N)=O)C[C@@H]1CN(c2ncc(C#N)cc2Cl)CCO1. The van der Waals surface area contributed by atoms with Crippen molar-refractivity contribution in [1.82, 2.24) is 9.88 Å². The van der Waals surface area contributed by atoms with Gasteiger partial charge >= 0.3 is 0 Å². The lowest BCUT2D eigenvalue weighted by Gasteiger charge is -2.35. The van der Waals surface area contributed by atoms with Gasteiger partial charge in [0, 0.05) is 25.8 Å². The minimum atomic E-state index is -0.369. The summed E-state index contributed by atoms with van der Waals surface area (Å²) in [6.07, 6.45) is 1.44. The minimum Gasteiger partial charge on any atom is -0.373 e. The van der Waals surface area contributed by atoms with Gasteiger partial charge in [-0.2, -0.15) is 5.26 Å². The molecule has 2 heterocycles. The van der Waals surface area contributed by atoms with E-state index in [4.69, 9.17) is 27.3 Å². The molecule has 0 spiro atoms. The lowest BCUT2D eigenvalue weighted by Crippen LogP contribution is -2.48. The van der Waals surface area contributed by atoms with Gasteiger partial charge in [-0.15, -0.1) is 0 Å². The number of amides is 1. The highest BCUT2D eigenvalue weighted by atomic mass is 35.5. The number of morpholine rings is 1. The average molecular weight is 324 g/mol. The predicted molar refractivity (Wildman–Crippen MR) is 82.6 cm³/mol. The standard InChI is InChI=1S/C14H18ClN5O2/c1-19(9-13(17)21)7-11-8-20(2-3-22-11)14-12(15)4-10(5-16)6-18-14/h4,6,11H,2-3,7-9H2,1H3,(H2,17,21)/t11-/m1/s1. The molecule has 1 aliphatic rings. The molecule has 0 bridgehead atoms. The molecule has 1 aromatic rings. The normalized spacial score (nSPS) is 18.3. The van der Waals surface area contributed by atoms with Crippen LogP contribution in [0.3, 0.4) is 0 Å². The minimum absolute atomic E-state index is 0.0633. The molecule has 1 aromatic heterocycles. The second-order valence-electron chi connectivity index (χ2n) is 5.24. The van der Waals surface area contributed by atoms with E-state index in [1.165, 1.54) is 6.20 Å². The molecular weight excluding hydrogens is 306 g/mol. The van der Waals surface area contributed by atoms with Crippen molar-refractivity contribution < 1.29 is 9.53 Å². The summed E-state index contributed by atoms with van der Waals surface area (Å²) in [6.45, 7) is 2.62. The van der Waals surface area contributed by atoms with Gasteiger partial charge in [0.2, 0.25) is 5.91 Å². The Morgan fingerprint density at radius 1 is 1.73 bits per heavy atom. The van der Waals surface area contributed by atoms with Crippen LogP contribution in [-0.4, -0.2) is 61.7 Å². The van der Waals surface area contributed by atoms with E-state index >= 15 is 0 Å². The highest BCUT2D eigenvalue weighted by Gasteiger charge is 2.24. The number of pyridine rings is 1. The fourth-order valence-corrected chi connectivity index (χ4v) is 2.71. The summed E-state index contributed by atoms with van der Waals surface area (Å²) in [4.78, 5) is 19.0. The van der Waals surface area contributed by atoms with Gasteiger partial charge in [0.15, 0.2) is 0 Å². The summed E-state index contributed by atoms with van der Waals surface area (Å²) in [5, 5.41) is 9.30. The van der Waals surface area contributed by atoms with Crippen LogP contribution in [0.4, 0.5) is 5.82 Å². The molecule has 118 valence electrons. The fourth-order valence-electron chi connectivity index (χ4n) is 2.42. The molecule has 0 unspecified atom stereocenters. The second kappa shape index (κ2) is 7.40. The Morgan fingerprint density at radius 2 is 2.50 bits per heavy atom. The quantitative estimate of drug-likeness (QED) is 0.833. The number of carbonyl (C=O) groups is 1. The Hall–Kier alpha value is -1.88. The highest BCUT2D eigenvalue weighted by Crippen LogP contribution is 2.25. The van der Waals surface area contributed by atoms with E-state index in [0.29, 0.717) is 42.6 Å². The molecule has 1 aliphatic heterocycles. The van der Waals surface area contributed by atoms with E-state index in [2.05, 4.69) is 4.98 Å². The predicted octanol–water partition coefficient (Wildman–Crippen LogP) is 0.229. The summed E-state index contributed by atoms with van der Waals surface area (Å²) in [6, 6.07) is 3.62. The number of carbonyl (C=O) groups excluding carboxylic acids is 1. The molecule has 7 nitrogen and oxygen atoms in total. The van der Waals surface area contributed by atoms with Crippen LogP contribution in [-0.2, 0) is 9.53 Å². The molecular formula is C14H18ClN5O2. The van der Waals surface area contributed by atoms with Crippen LogP contribution in [0.5, 0.6) is 0 Å². The van der Waals surface area contributed by atoms with Crippen molar-refractivity contribution >= 4 is 23.3 Å². The first kappa shape index (κ1) is 16.5. The topological polar surface area (TPSA) is 95.5 Å². The molecule has 0 saturated carbocycles. The number of ether oxygens (including phenoxy) is 1. The monoisotopic (exact) mass is 323 g/mol. The van der Waals surface area contributed by atoms with Crippen LogP contribution in [0, 0.1) is 11.3 Å². The number of hydrogen-bond acceptors (Lipinski definition) is 6. The molecule has 8 heteroatoms. The van der Waals surface area contributed by atoms with Crippen LogP contribution in [0.1, 0.15) is 5.56 Å². The maximum absolute atomic E-state index is 10.9. The summed E-state index contributed by atoms with van der Waals surface area (Å²) in [7, 11) is 1.82. The number of likely N-dealkylation sites (N-methyl/N-ethyl adjacent to an activating group) is 1. The Bertz CT molecular complexity index is 589. The van der Waals surface area contributed by atoms with Crippen molar-refractivity contribution in [1.29, 1.82) is 5.26 Å². The van der Waals surface area contributed by atoms with Gasteiger partial charge in [0.05, 0.1) is 29.8 Å². The van der Waals surface area contributed by atoms with E-state index in [0.717, 1.165) is 0 Å². The smallest absolute Gasteiger partial charge is 0.231 e. The van der Waals surface area contributed by atoms with Gasteiger partial charge in [-0.05, 0) is 13.1 Å². The number of nitriles is 1. The number of halogens is 1. The lowest BCUT2D eigenvalue weighted by molar-refractivity contribution is -0.119. The third-order valence-corrected chi connectivity index (χ3v) is 3.61. The Balaban J connectivity index is 2.01. The molecule has 1 fully saturated rings. The van der Waals surface area contributed by atoms with Crippen LogP contribution < -0.4 is 10.6 Å². The molecule has 0 aliphatic carbocycles. The maximum atomic E-state index is 10.9. The zero-order valence-electron chi connectivity index (χ0n) is 12.3. The third-order valence-electron chi connectivity index (χ3n) is 3.33. The van der Waals surface area contributed by atoms with E-state index in [-0.39, 0.29) is 18.6 Å². The van der Waals surface area contributed by atoms with Crippen LogP contribution in [0.15, 0.2) is 12.3 Å². The lowest BCUT2D eigenvalue weighted by atomic mass is 10.2. The summed E-state index contributed by atoms with van der Waals surface area (Å²) in [5.41, 5.74) is 5.61.